The van der Waals surface area contributed by atoms with Crippen LogP contribution in [0.3, 0.4) is 0 Å². The van der Waals surface area contributed by atoms with E-state index in [4.69, 9.17) is 0 Å². The van der Waals surface area contributed by atoms with Crippen molar-refractivity contribution in [2.24, 2.45) is 0 Å². The van der Waals surface area contributed by atoms with E-state index < -0.39 is 0 Å². The first-order valence-electron chi connectivity index (χ1n) is 6.01. The van der Waals surface area contributed by atoms with E-state index in [0.29, 0.717) is 16.8 Å². The third-order valence-electron chi connectivity index (χ3n) is 3.12. The standard InChI is InChI=1S/C15H12FN3/c1-9-10(2)19-15-13(18-9)7-8-17-14(15)11-5-3-4-6-12(11)16/h3-8H,1-2H3. The van der Waals surface area contributed by atoms with Crippen molar-refractivity contribution in [3.8, 4) is 11.3 Å². The van der Waals surface area contributed by atoms with Crippen LogP contribution in [-0.2, 0) is 0 Å². The first-order chi connectivity index (χ1) is 9.16. The van der Waals surface area contributed by atoms with E-state index in [0.717, 1.165) is 16.9 Å². The SMILES string of the molecule is Cc1nc2ccnc(-c3ccccc3F)c2nc1C. The Morgan fingerprint density at radius 3 is 2.47 bits per heavy atom. The average Bonchev–Trinajstić information content (AvgIpc) is 2.40. The van der Waals surface area contributed by atoms with Gasteiger partial charge in [0.05, 0.1) is 16.9 Å². The van der Waals surface area contributed by atoms with Crippen LogP contribution in [0.25, 0.3) is 22.3 Å². The third kappa shape index (κ3) is 1.95. The van der Waals surface area contributed by atoms with Crippen molar-refractivity contribution in [2.75, 3.05) is 0 Å². The summed E-state index contributed by atoms with van der Waals surface area (Å²) < 4.78 is 13.9. The molecular formula is C15H12FN3. The Morgan fingerprint density at radius 2 is 1.68 bits per heavy atom. The molecule has 19 heavy (non-hydrogen) atoms. The van der Waals surface area contributed by atoms with E-state index in [1.54, 1.807) is 30.5 Å². The maximum Gasteiger partial charge on any atom is 0.132 e. The highest BCUT2D eigenvalue weighted by Crippen LogP contribution is 2.26. The Labute approximate surface area is 110 Å². The molecule has 0 N–H and O–H groups in total. The Bertz CT molecular complexity index is 768. The molecule has 3 nitrogen and oxygen atoms in total. The summed E-state index contributed by atoms with van der Waals surface area (Å²) in [6.07, 6.45) is 1.63. The molecule has 0 spiro atoms. The van der Waals surface area contributed by atoms with Crippen LogP contribution < -0.4 is 0 Å². The number of rotatable bonds is 1. The summed E-state index contributed by atoms with van der Waals surface area (Å²) >= 11 is 0. The maximum atomic E-state index is 13.9. The molecule has 4 heteroatoms. The molecule has 0 atom stereocenters. The van der Waals surface area contributed by atoms with E-state index in [1.165, 1.54) is 6.07 Å². The Hall–Kier alpha value is -2.36. The summed E-state index contributed by atoms with van der Waals surface area (Å²) in [6.45, 7) is 3.80. The lowest BCUT2D eigenvalue weighted by Gasteiger charge is -2.07. The highest BCUT2D eigenvalue weighted by molar-refractivity contribution is 5.89. The molecule has 3 aromatic rings. The van der Waals surface area contributed by atoms with Crippen molar-refractivity contribution in [3.63, 3.8) is 0 Å². The Morgan fingerprint density at radius 1 is 0.947 bits per heavy atom. The molecule has 1 aromatic carbocycles. The minimum Gasteiger partial charge on any atom is -0.254 e. The molecule has 0 aliphatic carbocycles. The number of pyridine rings is 1. The van der Waals surface area contributed by atoms with Crippen molar-refractivity contribution < 1.29 is 4.39 Å². The molecule has 0 amide bonds. The van der Waals surface area contributed by atoms with Gasteiger partial charge < -0.3 is 0 Å². The summed E-state index contributed by atoms with van der Waals surface area (Å²) in [5.74, 6) is -0.303. The Kier molecular flexibility index (Phi) is 2.71. The van der Waals surface area contributed by atoms with Crippen LogP contribution in [0.15, 0.2) is 36.5 Å². The molecule has 0 radical (unpaired) electrons. The quantitative estimate of drug-likeness (QED) is 0.666. The molecule has 0 saturated heterocycles. The number of nitrogens with zero attached hydrogens (tertiary/aromatic N) is 3. The van der Waals surface area contributed by atoms with Gasteiger partial charge in [-0.2, -0.15) is 0 Å². The summed E-state index contributed by atoms with van der Waals surface area (Å²) in [5, 5.41) is 0. The molecule has 3 rings (SSSR count). The Balaban J connectivity index is 2.36. The molecule has 0 aliphatic heterocycles. The van der Waals surface area contributed by atoms with E-state index in [1.807, 2.05) is 13.8 Å². The van der Waals surface area contributed by atoms with Crippen LogP contribution in [0.5, 0.6) is 0 Å². The fourth-order valence-corrected chi connectivity index (χ4v) is 2.00. The van der Waals surface area contributed by atoms with Crippen molar-refractivity contribution in [3.05, 3.63) is 53.7 Å². The molecule has 94 valence electrons. The highest BCUT2D eigenvalue weighted by atomic mass is 19.1. The van der Waals surface area contributed by atoms with Gasteiger partial charge in [-0.05, 0) is 32.0 Å². The lowest BCUT2D eigenvalue weighted by molar-refractivity contribution is 0.631. The summed E-state index contributed by atoms with van der Waals surface area (Å²) in [4.78, 5) is 13.2. The number of benzene rings is 1. The monoisotopic (exact) mass is 253 g/mol. The first kappa shape index (κ1) is 11.7. The van der Waals surface area contributed by atoms with Crippen molar-refractivity contribution in [1.82, 2.24) is 15.0 Å². The number of hydrogen-bond acceptors (Lipinski definition) is 3. The molecule has 0 unspecified atom stereocenters. The predicted octanol–water partition coefficient (Wildman–Crippen LogP) is 3.45. The van der Waals surface area contributed by atoms with Crippen molar-refractivity contribution in [1.29, 1.82) is 0 Å². The molecule has 0 aliphatic rings. The van der Waals surface area contributed by atoms with Gasteiger partial charge in [0.25, 0.3) is 0 Å². The van der Waals surface area contributed by atoms with E-state index in [2.05, 4.69) is 15.0 Å². The van der Waals surface area contributed by atoms with Crippen molar-refractivity contribution in [2.45, 2.75) is 13.8 Å². The number of halogens is 1. The van der Waals surface area contributed by atoms with Gasteiger partial charge in [0.1, 0.15) is 17.0 Å². The van der Waals surface area contributed by atoms with E-state index in [-0.39, 0.29) is 5.82 Å². The zero-order valence-corrected chi connectivity index (χ0v) is 10.7. The molecular weight excluding hydrogens is 241 g/mol. The number of hydrogen-bond donors (Lipinski definition) is 0. The zero-order chi connectivity index (χ0) is 13.4. The topological polar surface area (TPSA) is 38.7 Å². The molecule has 0 saturated carbocycles. The van der Waals surface area contributed by atoms with Crippen molar-refractivity contribution >= 4 is 11.0 Å². The van der Waals surface area contributed by atoms with Gasteiger partial charge in [-0.3, -0.25) is 4.98 Å². The van der Waals surface area contributed by atoms with Gasteiger partial charge in [0, 0.05) is 11.8 Å². The second-order valence-electron chi connectivity index (χ2n) is 4.40. The molecule has 0 bridgehead atoms. The molecule has 2 aromatic heterocycles. The lowest BCUT2D eigenvalue weighted by atomic mass is 10.1. The number of fused-ring (bicyclic) bond motifs is 1. The van der Waals surface area contributed by atoms with Crippen LogP contribution in [0.1, 0.15) is 11.4 Å². The molecule has 0 fully saturated rings. The van der Waals surface area contributed by atoms with Crippen LogP contribution >= 0.6 is 0 Å². The second kappa shape index (κ2) is 4.39. The average molecular weight is 253 g/mol. The summed E-state index contributed by atoms with van der Waals surface area (Å²) in [7, 11) is 0. The summed E-state index contributed by atoms with van der Waals surface area (Å²) in [6, 6.07) is 8.36. The minimum absolute atomic E-state index is 0.303. The van der Waals surface area contributed by atoms with Crippen LogP contribution in [0, 0.1) is 19.7 Å². The second-order valence-corrected chi connectivity index (χ2v) is 4.40. The van der Waals surface area contributed by atoms with E-state index in [9.17, 15) is 4.39 Å². The van der Waals surface area contributed by atoms with Gasteiger partial charge in [-0.25, -0.2) is 14.4 Å². The normalized spacial score (nSPS) is 10.9. The smallest absolute Gasteiger partial charge is 0.132 e. The van der Waals surface area contributed by atoms with Gasteiger partial charge in [0.15, 0.2) is 0 Å². The lowest BCUT2D eigenvalue weighted by Crippen LogP contribution is -1.97. The van der Waals surface area contributed by atoms with E-state index >= 15 is 0 Å². The van der Waals surface area contributed by atoms with Gasteiger partial charge in [0.2, 0.25) is 0 Å². The van der Waals surface area contributed by atoms with Gasteiger partial charge >= 0.3 is 0 Å². The minimum atomic E-state index is -0.303. The zero-order valence-electron chi connectivity index (χ0n) is 10.7. The summed E-state index contributed by atoms with van der Waals surface area (Å²) in [5.41, 5.74) is 4.06. The van der Waals surface area contributed by atoms with Crippen LogP contribution in [-0.4, -0.2) is 15.0 Å². The van der Waals surface area contributed by atoms with Gasteiger partial charge in [-0.1, -0.05) is 12.1 Å². The van der Waals surface area contributed by atoms with Gasteiger partial charge in [-0.15, -0.1) is 0 Å². The maximum absolute atomic E-state index is 13.9. The fourth-order valence-electron chi connectivity index (χ4n) is 2.00. The fraction of sp³-hybridized carbons (Fsp3) is 0.133. The van der Waals surface area contributed by atoms with Crippen LogP contribution in [0.2, 0.25) is 0 Å². The molecule has 2 heterocycles. The highest BCUT2D eigenvalue weighted by Gasteiger charge is 2.12. The number of aromatic nitrogens is 3. The van der Waals surface area contributed by atoms with Crippen LogP contribution in [0.4, 0.5) is 4.39 Å². The first-order valence-corrected chi connectivity index (χ1v) is 6.01. The predicted molar refractivity (Wildman–Crippen MR) is 72.2 cm³/mol. The third-order valence-corrected chi connectivity index (χ3v) is 3.12. The number of aryl methyl sites for hydroxylation is 2. The largest absolute Gasteiger partial charge is 0.254 e.